The number of hydrogen-bond donors (Lipinski definition) is 1. The van der Waals surface area contributed by atoms with E-state index in [2.05, 4.69) is 57.0 Å². The van der Waals surface area contributed by atoms with E-state index in [1.54, 1.807) is 11.9 Å². The number of amides is 1. The zero-order chi connectivity index (χ0) is 22.5. The molecule has 0 aliphatic carbocycles. The van der Waals surface area contributed by atoms with Crippen LogP contribution in [0.25, 0.3) is 11.1 Å². The van der Waals surface area contributed by atoms with Gasteiger partial charge in [-0.3, -0.25) is 4.79 Å². The minimum Gasteiger partial charge on any atom is -0.368 e. The topological polar surface area (TPSA) is 78.6 Å². The summed E-state index contributed by atoms with van der Waals surface area (Å²) in [6.45, 7) is 6.34. The molecule has 0 radical (unpaired) electrons. The maximum absolute atomic E-state index is 11.7. The second-order valence-electron chi connectivity index (χ2n) is 8.24. The number of piperazine rings is 1. The van der Waals surface area contributed by atoms with Crippen LogP contribution in [0.2, 0.25) is 0 Å². The number of nitrogens with two attached hydrogens (primary N) is 1. The average Bonchev–Trinajstić information content (AvgIpc) is 2.84. The van der Waals surface area contributed by atoms with E-state index in [1.165, 1.54) is 11.3 Å². The molecule has 0 saturated carbocycles. The quantitative estimate of drug-likeness (QED) is 0.648. The van der Waals surface area contributed by atoms with E-state index in [4.69, 9.17) is 5.73 Å². The van der Waals surface area contributed by atoms with Crippen molar-refractivity contribution in [2.24, 2.45) is 5.73 Å². The van der Waals surface area contributed by atoms with Gasteiger partial charge >= 0.3 is 0 Å². The minimum absolute atomic E-state index is 0.0186. The van der Waals surface area contributed by atoms with Crippen molar-refractivity contribution in [2.45, 2.75) is 13.5 Å². The molecule has 0 unspecified atom stereocenters. The first-order valence-electron chi connectivity index (χ1n) is 11.0. The lowest BCUT2D eigenvalue weighted by molar-refractivity contribution is -0.128. The summed E-state index contributed by atoms with van der Waals surface area (Å²) in [6.07, 6.45) is 3.76. The molecule has 1 aromatic heterocycles. The van der Waals surface area contributed by atoms with Crippen LogP contribution >= 0.6 is 0 Å². The number of benzene rings is 2. The van der Waals surface area contributed by atoms with Crippen molar-refractivity contribution in [1.29, 1.82) is 0 Å². The summed E-state index contributed by atoms with van der Waals surface area (Å²) in [7, 11) is 1.76. The Bertz CT molecular complexity index is 1040. The van der Waals surface area contributed by atoms with Crippen molar-refractivity contribution < 1.29 is 4.79 Å². The van der Waals surface area contributed by atoms with Crippen LogP contribution in [0.1, 0.15) is 11.1 Å². The number of nitrogens with zero attached hydrogens (tertiary/aromatic N) is 5. The molecular formula is C25H30N6O. The monoisotopic (exact) mass is 430 g/mol. The molecule has 166 valence electrons. The number of rotatable bonds is 6. The Morgan fingerprint density at radius 3 is 2.28 bits per heavy atom. The third-order valence-corrected chi connectivity index (χ3v) is 5.88. The summed E-state index contributed by atoms with van der Waals surface area (Å²) in [5.41, 5.74) is 11.0. The standard InChI is InChI=1S/C25H30N6O/c1-19-6-8-23(9-7-19)30-10-12-31(13-11-30)25-27-16-22(17-28-25)21-5-3-4-20(14-21)18-29(2)24(32)15-26/h3-9,14,16-17H,10-13,15,18,26H2,1-2H3. The fourth-order valence-electron chi connectivity index (χ4n) is 3.92. The van der Waals surface area contributed by atoms with Crippen molar-refractivity contribution in [3.8, 4) is 11.1 Å². The molecule has 7 heteroatoms. The normalized spacial score (nSPS) is 13.8. The first kappa shape index (κ1) is 21.8. The highest BCUT2D eigenvalue weighted by atomic mass is 16.2. The maximum Gasteiger partial charge on any atom is 0.236 e. The predicted molar refractivity (Wildman–Crippen MR) is 129 cm³/mol. The molecule has 2 heterocycles. The fourth-order valence-corrected chi connectivity index (χ4v) is 3.92. The number of aryl methyl sites for hydroxylation is 1. The smallest absolute Gasteiger partial charge is 0.236 e. The lowest BCUT2D eigenvalue weighted by Gasteiger charge is -2.36. The van der Waals surface area contributed by atoms with Gasteiger partial charge in [0.15, 0.2) is 0 Å². The lowest BCUT2D eigenvalue weighted by atomic mass is 10.1. The van der Waals surface area contributed by atoms with E-state index < -0.39 is 0 Å². The van der Waals surface area contributed by atoms with Gasteiger partial charge in [-0.05, 0) is 36.2 Å². The third kappa shape index (κ3) is 5.06. The molecule has 0 bridgehead atoms. The zero-order valence-electron chi connectivity index (χ0n) is 18.7. The van der Waals surface area contributed by atoms with Crippen LogP contribution in [0.3, 0.4) is 0 Å². The second kappa shape index (κ2) is 9.78. The first-order chi connectivity index (χ1) is 15.5. The second-order valence-corrected chi connectivity index (χ2v) is 8.24. The van der Waals surface area contributed by atoms with Crippen molar-refractivity contribution in [3.05, 3.63) is 72.1 Å². The maximum atomic E-state index is 11.7. The molecular weight excluding hydrogens is 400 g/mol. The molecule has 0 atom stereocenters. The van der Waals surface area contributed by atoms with Crippen molar-refractivity contribution in [1.82, 2.24) is 14.9 Å². The predicted octanol–water partition coefficient (Wildman–Crippen LogP) is 2.70. The van der Waals surface area contributed by atoms with Gasteiger partial charge in [0.1, 0.15) is 0 Å². The van der Waals surface area contributed by atoms with E-state index in [9.17, 15) is 4.79 Å². The number of carbonyl (C=O) groups excluding carboxylic acids is 1. The Balaban J connectivity index is 1.39. The van der Waals surface area contributed by atoms with Crippen molar-refractivity contribution >= 4 is 17.5 Å². The Labute approximate surface area is 189 Å². The summed E-state index contributed by atoms with van der Waals surface area (Å²) in [6, 6.07) is 16.8. The van der Waals surface area contributed by atoms with Gasteiger partial charge in [-0.15, -0.1) is 0 Å². The number of hydrogen-bond acceptors (Lipinski definition) is 6. The molecule has 1 aliphatic heterocycles. The van der Waals surface area contributed by atoms with E-state index >= 15 is 0 Å². The Morgan fingerprint density at radius 2 is 1.62 bits per heavy atom. The SMILES string of the molecule is Cc1ccc(N2CCN(c3ncc(-c4cccc(CN(C)C(=O)CN)c4)cn3)CC2)cc1. The molecule has 2 N–H and O–H groups in total. The van der Waals surface area contributed by atoms with Crippen LogP contribution in [0.5, 0.6) is 0 Å². The molecule has 32 heavy (non-hydrogen) atoms. The van der Waals surface area contributed by atoms with Crippen LogP contribution in [0.4, 0.5) is 11.6 Å². The number of carbonyl (C=O) groups is 1. The van der Waals surface area contributed by atoms with Gasteiger partial charge in [0.25, 0.3) is 0 Å². The highest BCUT2D eigenvalue weighted by Gasteiger charge is 2.19. The van der Waals surface area contributed by atoms with Crippen molar-refractivity contribution in [3.63, 3.8) is 0 Å². The van der Waals surface area contributed by atoms with E-state index in [-0.39, 0.29) is 12.5 Å². The minimum atomic E-state index is -0.0782. The van der Waals surface area contributed by atoms with Crippen LogP contribution in [-0.2, 0) is 11.3 Å². The van der Waals surface area contributed by atoms with Gasteiger partial charge < -0.3 is 20.4 Å². The highest BCUT2D eigenvalue weighted by molar-refractivity contribution is 5.77. The lowest BCUT2D eigenvalue weighted by Crippen LogP contribution is -2.47. The van der Waals surface area contributed by atoms with Gasteiger partial charge in [0, 0.05) is 63.4 Å². The van der Waals surface area contributed by atoms with Crippen LogP contribution in [0.15, 0.2) is 60.9 Å². The molecule has 1 amide bonds. The molecule has 4 rings (SSSR count). The van der Waals surface area contributed by atoms with Gasteiger partial charge in [-0.1, -0.05) is 35.9 Å². The molecule has 2 aromatic carbocycles. The molecule has 1 saturated heterocycles. The molecule has 0 spiro atoms. The summed E-state index contributed by atoms with van der Waals surface area (Å²) < 4.78 is 0. The summed E-state index contributed by atoms with van der Waals surface area (Å²) in [4.78, 5) is 27.3. The summed E-state index contributed by atoms with van der Waals surface area (Å²) >= 11 is 0. The molecule has 1 fully saturated rings. The molecule has 3 aromatic rings. The van der Waals surface area contributed by atoms with Gasteiger partial charge in [0.2, 0.25) is 11.9 Å². The Morgan fingerprint density at radius 1 is 0.969 bits per heavy atom. The fraction of sp³-hybridized carbons (Fsp3) is 0.320. The number of aromatic nitrogens is 2. The summed E-state index contributed by atoms with van der Waals surface area (Å²) in [5.74, 6) is 0.687. The van der Waals surface area contributed by atoms with Crippen molar-refractivity contribution in [2.75, 3.05) is 49.6 Å². The highest BCUT2D eigenvalue weighted by Crippen LogP contribution is 2.22. The van der Waals surface area contributed by atoms with Gasteiger partial charge in [-0.25, -0.2) is 9.97 Å². The van der Waals surface area contributed by atoms with Crippen LogP contribution < -0.4 is 15.5 Å². The molecule has 1 aliphatic rings. The third-order valence-electron chi connectivity index (χ3n) is 5.88. The molecule has 7 nitrogen and oxygen atoms in total. The zero-order valence-corrected chi connectivity index (χ0v) is 18.7. The first-order valence-corrected chi connectivity index (χ1v) is 11.0. The Kier molecular flexibility index (Phi) is 6.66. The largest absolute Gasteiger partial charge is 0.368 e. The van der Waals surface area contributed by atoms with E-state index in [0.29, 0.717) is 6.54 Å². The van der Waals surface area contributed by atoms with E-state index in [0.717, 1.165) is 48.8 Å². The Hall–Kier alpha value is -3.45. The van der Waals surface area contributed by atoms with Crippen LogP contribution in [-0.4, -0.2) is 60.5 Å². The van der Waals surface area contributed by atoms with Gasteiger partial charge in [-0.2, -0.15) is 0 Å². The average molecular weight is 431 g/mol. The van der Waals surface area contributed by atoms with Gasteiger partial charge in [0.05, 0.1) is 6.54 Å². The number of likely N-dealkylation sites (N-methyl/N-ethyl adjacent to an activating group) is 1. The number of anilines is 2. The van der Waals surface area contributed by atoms with E-state index in [1.807, 2.05) is 30.6 Å². The summed E-state index contributed by atoms with van der Waals surface area (Å²) in [5, 5.41) is 0. The van der Waals surface area contributed by atoms with Crippen LogP contribution in [0, 0.1) is 6.92 Å².